The molecule has 1 heterocycles. The molecule has 2 N–H and O–H groups in total. The van der Waals surface area contributed by atoms with E-state index in [9.17, 15) is 9.59 Å². The molecule has 7 heteroatoms. The van der Waals surface area contributed by atoms with E-state index in [1.807, 2.05) is 0 Å². The van der Waals surface area contributed by atoms with Crippen LogP contribution in [0, 0.1) is 0 Å². The molecule has 0 radical (unpaired) electrons. The lowest BCUT2D eigenvalue weighted by Gasteiger charge is -2.13. The Kier molecular flexibility index (Phi) is 9.10. The SMILES string of the molecule is C1CCNCC1.COc1cc(C(=O)C=CC(=O)O)cc(OC)c1OC. The molecule has 2 rings (SSSR count). The normalized spacial score (nSPS) is 13.6. The minimum Gasteiger partial charge on any atom is -0.493 e. The molecule has 0 aromatic heterocycles. The van der Waals surface area contributed by atoms with Gasteiger partial charge in [0.15, 0.2) is 17.3 Å². The predicted octanol–water partition coefficient (Wildman–Crippen LogP) is 2.30. The highest BCUT2D eigenvalue weighted by Crippen LogP contribution is 2.38. The van der Waals surface area contributed by atoms with Crippen molar-refractivity contribution < 1.29 is 28.9 Å². The van der Waals surface area contributed by atoms with Crippen molar-refractivity contribution in [2.24, 2.45) is 0 Å². The van der Waals surface area contributed by atoms with Gasteiger partial charge >= 0.3 is 5.97 Å². The number of carboxylic acid groups (broad SMARTS) is 1. The molecule has 1 aromatic carbocycles. The maximum atomic E-state index is 11.8. The number of hydrogen-bond donors (Lipinski definition) is 2. The largest absolute Gasteiger partial charge is 0.493 e. The van der Waals surface area contributed by atoms with Crippen LogP contribution in [0.4, 0.5) is 0 Å². The van der Waals surface area contributed by atoms with Gasteiger partial charge in [-0.1, -0.05) is 6.42 Å². The van der Waals surface area contributed by atoms with Crippen LogP contribution in [0.1, 0.15) is 29.6 Å². The molecule has 0 saturated carbocycles. The highest BCUT2D eigenvalue weighted by atomic mass is 16.5. The standard InChI is InChI=1S/C13H14O6.C5H11N/c1-17-10-6-8(9(14)4-5-12(15)16)7-11(18-2)13(10)19-3;1-2-4-6-5-3-1/h4-7H,1-3H3,(H,15,16);6H,1-5H2. The zero-order valence-corrected chi connectivity index (χ0v) is 14.8. The van der Waals surface area contributed by atoms with Gasteiger partial charge in [0.1, 0.15) is 0 Å². The number of piperidine rings is 1. The number of carboxylic acids is 1. The number of aliphatic carboxylic acids is 1. The summed E-state index contributed by atoms with van der Waals surface area (Å²) >= 11 is 0. The average Bonchev–Trinajstić information content (AvgIpc) is 2.66. The third-order valence-corrected chi connectivity index (χ3v) is 3.53. The zero-order chi connectivity index (χ0) is 18.7. The molecular formula is C18H25NO6. The van der Waals surface area contributed by atoms with Gasteiger partial charge in [-0.25, -0.2) is 4.79 Å². The van der Waals surface area contributed by atoms with Gasteiger partial charge in [-0.15, -0.1) is 0 Å². The van der Waals surface area contributed by atoms with Gasteiger partial charge in [0, 0.05) is 11.6 Å². The zero-order valence-electron chi connectivity index (χ0n) is 14.8. The highest BCUT2D eigenvalue weighted by Gasteiger charge is 2.15. The lowest BCUT2D eigenvalue weighted by molar-refractivity contribution is -0.131. The Morgan fingerprint density at radius 1 is 0.960 bits per heavy atom. The van der Waals surface area contributed by atoms with Crippen molar-refractivity contribution in [2.45, 2.75) is 19.3 Å². The quantitative estimate of drug-likeness (QED) is 0.600. The minimum absolute atomic E-state index is 0.243. The van der Waals surface area contributed by atoms with Gasteiger partial charge < -0.3 is 24.6 Å². The summed E-state index contributed by atoms with van der Waals surface area (Å²) in [6, 6.07) is 2.91. The molecule has 0 aliphatic carbocycles. The number of hydrogen-bond acceptors (Lipinski definition) is 6. The van der Waals surface area contributed by atoms with Gasteiger partial charge in [0.05, 0.1) is 21.3 Å². The van der Waals surface area contributed by atoms with Gasteiger partial charge in [-0.3, -0.25) is 4.79 Å². The molecule has 0 spiro atoms. The van der Waals surface area contributed by atoms with Crippen LogP contribution >= 0.6 is 0 Å². The molecule has 1 fully saturated rings. The third kappa shape index (κ3) is 6.84. The lowest BCUT2D eigenvalue weighted by Crippen LogP contribution is -2.21. The first kappa shape index (κ1) is 20.5. The fourth-order valence-electron chi connectivity index (χ4n) is 2.27. The first-order valence-corrected chi connectivity index (χ1v) is 7.99. The van der Waals surface area contributed by atoms with Crippen molar-refractivity contribution in [3.8, 4) is 17.2 Å². The van der Waals surface area contributed by atoms with Crippen molar-refractivity contribution in [1.29, 1.82) is 0 Å². The van der Waals surface area contributed by atoms with E-state index < -0.39 is 11.8 Å². The number of carbonyl (C=O) groups excluding carboxylic acids is 1. The Balaban J connectivity index is 0.000000435. The summed E-state index contributed by atoms with van der Waals surface area (Å²) in [5, 5.41) is 11.8. The van der Waals surface area contributed by atoms with E-state index in [1.54, 1.807) is 0 Å². The molecule has 25 heavy (non-hydrogen) atoms. The number of ketones is 1. The molecule has 0 unspecified atom stereocenters. The summed E-state index contributed by atoms with van der Waals surface area (Å²) in [5.74, 6) is -0.644. The maximum absolute atomic E-state index is 11.8. The van der Waals surface area contributed by atoms with E-state index in [4.69, 9.17) is 19.3 Å². The second-order valence-corrected chi connectivity index (χ2v) is 5.26. The van der Waals surface area contributed by atoms with Crippen LogP contribution in [0.5, 0.6) is 17.2 Å². The molecular weight excluding hydrogens is 326 g/mol. The number of benzene rings is 1. The van der Waals surface area contributed by atoms with Crippen LogP contribution in [0.15, 0.2) is 24.3 Å². The molecule has 1 aliphatic heterocycles. The van der Waals surface area contributed by atoms with Crippen LogP contribution in [0.3, 0.4) is 0 Å². The summed E-state index contributed by atoms with van der Waals surface area (Å²) < 4.78 is 15.3. The van der Waals surface area contributed by atoms with E-state index in [-0.39, 0.29) is 5.56 Å². The average molecular weight is 351 g/mol. The van der Waals surface area contributed by atoms with Crippen molar-refractivity contribution in [3.05, 3.63) is 29.8 Å². The number of methoxy groups -OCH3 is 3. The Hall–Kier alpha value is -2.54. The number of rotatable bonds is 6. The molecule has 1 aliphatic rings. The fraction of sp³-hybridized carbons (Fsp3) is 0.444. The molecule has 0 bridgehead atoms. The number of nitrogens with one attached hydrogen (secondary N) is 1. The first-order valence-electron chi connectivity index (χ1n) is 7.99. The van der Waals surface area contributed by atoms with Crippen molar-refractivity contribution in [3.63, 3.8) is 0 Å². The number of ether oxygens (including phenoxy) is 3. The summed E-state index contributed by atoms with van der Waals surface area (Å²) in [5.41, 5.74) is 0.243. The Labute approximate surface area is 147 Å². The van der Waals surface area contributed by atoms with Crippen molar-refractivity contribution >= 4 is 11.8 Å². The number of carbonyl (C=O) groups is 2. The van der Waals surface area contributed by atoms with E-state index >= 15 is 0 Å². The van der Waals surface area contributed by atoms with Crippen LogP contribution < -0.4 is 19.5 Å². The van der Waals surface area contributed by atoms with Crippen LogP contribution in [-0.2, 0) is 4.79 Å². The smallest absolute Gasteiger partial charge is 0.328 e. The van der Waals surface area contributed by atoms with Gasteiger partial charge in [0.2, 0.25) is 5.75 Å². The van der Waals surface area contributed by atoms with Crippen LogP contribution in [-0.4, -0.2) is 51.3 Å². The lowest BCUT2D eigenvalue weighted by atomic mass is 10.1. The first-order chi connectivity index (χ1) is 12.0. The number of allylic oxidation sites excluding steroid dienone is 1. The monoisotopic (exact) mass is 351 g/mol. The van der Waals surface area contributed by atoms with Gasteiger partial charge in [0.25, 0.3) is 0 Å². The van der Waals surface area contributed by atoms with Crippen molar-refractivity contribution in [2.75, 3.05) is 34.4 Å². The molecule has 138 valence electrons. The van der Waals surface area contributed by atoms with E-state index in [1.165, 1.54) is 65.8 Å². The van der Waals surface area contributed by atoms with E-state index in [2.05, 4.69) is 5.32 Å². The Bertz CT molecular complexity index is 571. The molecule has 1 saturated heterocycles. The second-order valence-electron chi connectivity index (χ2n) is 5.26. The summed E-state index contributed by atoms with van der Waals surface area (Å²) in [6.45, 7) is 2.50. The third-order valence-electron chi connectivity index (χ3n) is 3.53. The van der Waals surface area contributed by atoms with E-state index in [0.717, 1.165) is 12.2 Å². The maximum Gasteiger partial charge on any atom is 0.328 e. The molecule has 1 aromatic rings. The topological polar surface area (TPSA) is 94.1 Å². The summed E-state index contributed by atoms with van der Waals surface area (Å²) in [6.07, 6.45) is 5.95. The van der Waals surface area contributed by atoms with Crippen molar-refractivity contribution in [1.82, 2.24) is 5.32 Å². The molecule has 0 atom stereocenters. The van der Waals surface area contributed by atoms with Gasteiger partial charge in [-0.05, 0) is 44.1 Å². The van der Waals surface area contributed by atoms with Crippen LogP contribution in [0.2, 0.25) is 0 Å². The molecule has 7 nitrogen and oxygen atoms in total. The fourth-order valence-corrected chi connectivity index (χ4v) is 2.27. The Morgan fingerprint density at radius 2 is 1.52 bits per heavy atom. The Morgan fingerprint density at radius 3 is 1.84 bits per heavy atom. The van der Waals surface area contributed by atoms with Gasteiger partial charge in [-0.2, -0.15) is 0 Å². The molecule has 0 amide bonds. The second kappa shape index (κ2) is 11.1. The predicted molar refractivity (Wildman–Crippen MR) is 93.9 cm³/mol. The van der Waals surface area contributed by atoms with Crippen LogP contribution in [0.25, 0.3) is 0 Å². The summed E-state index contributed by atoms with van der Waals surface area (Å²) in [7, 11) is 4.31. The summed E-state index contributed by atoms with van der Waals surface area (Å²) in [4.78, 5) is 22.2. The highest BCUT2D eigenvalue weighted by molar-refractivity contribution is 6.07. The minimum atomic E-state index is -1.19. The van der Waals surface area contributed by atoms with E-state index in [0.29, 0.717) is 17.2 Å².